The molecular weight excluding hydrogens is 240 g/mol. The van der Waals surface area contributed by atoms with E-state index in [0.29, 0.717) is 6.04 Å². The van der Waals surface area contributed by atoms with Gasteiger partial charge in [0.15, 0.2) is 0 Å². The van der Waals surface area contributed by atoms with Gasteiger partial charge >= 0.3 is 6.09 Å². The summed E-state index contributed by atoms with van der Waals surface area (Å²) in [5.74, 6) is 0. The molecule has 0 bridgehead atoms. The highest BCUT2D eigenvalue weighted by molar-refractivity contribution is 5.68. The maximum atomic E-state index is 12.0. The largest absolute Gasteiger partial charge is 0.444 e. The summed E-state index contributed by atoms with van der Waals surface area (Å²) in [6, 6.07) is 0.476. The monoisotopic (exact) mass is 268 g/mol. The van der Waals surface area contributed by atoms with Gasteiger partial charge in [0.2, 0.25) is 0 Å². The molecule has 1 aliphatic rings. The van der Waals surface area contributed by atoms with E-state index in [-0.39, 0.29) is 6.09 Å². The Labute approximate surface area is 117 Å². The molecule has 1 aliphatic heterocycles. The molecule has 0 aromatic heterocycles. The first kappa shape index (κ1) is 16.0. The van der Waals surface area contributed by atoms with E-state index in [1.165, 1.54) is 0 Å². The van der Waals surface area contributed by atoms with Crippen molar-refractivity contribution in [3.8, 4) is 0 Å². The summed E-state index contributed by atoms with van der Waals surface area (Å²) in [6.45, 7) is 14.0. The molecule has 4 heteroatoms. The summed E-state index contributed by atoms with van der Waals surface area (Å²) in [7, 11) is 0. The molecule has 0 aliphatic carbocycles. The maximum Gasteiger partial charge on any atom is 0.410 e. The molecular formula is C15H28N2O2. The Bertz CT molecular complexity index is 321. The van der Waals surface area contributed by atoms with Gasteiger partial charge in [-0.1, -0.05) is 12.2 Å². The van der Waals surface area contributed by atoms with Crippen LogP contribution in [-0.4, -0.2) is 42.3 Å². The first-order chi connectivity index (χ1) is 8.78. The number of nitrogens with zero attached hydrogens (tertiary/aromatic N) is 1. The van der Waals surface area contributed by atoms with Gasteiger partial charge in [-0.05, 0) is 47.0 Å². The van der Waals surface area contributed by atoms with Gasteiger partial charge in [-0.3, -0.25) is 0 Å². The molecule has 1 N–H and O–H groups in total. The van der Waals surface area contributed by atoms with Crippen molar-refractivity contribution >= 4 is 6.09 Å². The van der Waals surface area contributed by atoms with Crippen LogP contribution in [0.3, 0.4) is 0 Å². The SMILES string of the molecule is C=C(C)CNC1CCCN(C(=O)OC(C)(C)C)CC1. The number of nitrogens with one attached hydrogen (secondary N) is 1. The summed E-state index contributed by atoms with van der Waals surface area (Å²) < 4.78 is 5.42. The van der Waals surface area contributed by atoms with Crippen LogP contribution in [0.1, 0.15) is 47.0 Å². The third-order valence-corrected chi connectivity index (χ3v) is 3.07. The number of rotatable bonds is 3. The molecule has 4 nitrogen and oxygen atoms in total. The fourth-order valence-electron chi connectivity index (χ4n) is 2.13. The lowest BCUT2D eigenvalue weighted by molar-refractivity contribution is 0.0256. The third-order valence-electron chi connectivity index (χ3n) is 3.07. The number of amides is 1. The van der Waals surface area contributed by atoms with E-state index in [9.17, 15) is 4.79 Å². The van der Waals surface area contributed by atoms with Crippen LogP contribution in [0.4, 0.5) is 4.79 Å². The zero-order chi connectivity index (χ0) is 14.5. The Morgan fingerprint density at radius 1 is 1.37 bits per heavy atom. The zero-order valence-corrected chi connectivity index (χ0v) is 12.8. The van der Waals surface area contributed by atoms with Crippen LogP contribution in [0, 0.1) is 0 Å². The number of carbonyl (C=O) groups excluding carboxylic acids is 1. The molecule has 1 rings (SSSR count). The normalized spacial score (nSPS) is 20.8. The number of hydrogen-bond donors (Lipinski definition) is 1. The summed E-state index contributed by atoms with van der Waals surface area (Å²) in [4.78, 5) is 13.8. The van der Waals surface area contributed by atoms with Crippen molar-refractivity contribution in [1.82, 2.24) is 10.2 Å². The van der Waals surface area contributed by atoms with Gasteiger partial charge in [0.25, 0.3) is 0 Å². The van der Waals surface area contributed by atoms with E-state index >= 15 is 0 Å². The van der Waals surface area contributed by atoms with Crippen LogP contribution in [0.5, 0.6) is 0 Å². The minimum absolute atomic E-state index is 0.187. The van der Waals surface area contributed by atoms with E-state index in [4.69, 9.17) is 4.74 Å². The molecule has 0 radical (unpaired) electrons. The standard InChI is InChI=1S/C15H28N2O2/c1-12(2)11-16-13-7-6-9-17(10-8-13)14(18)19-15(3,4)5/h13,16H,1,6-11H2,2-5H3. The molecule has 1 amide bonds. The minimum atomic E-state index is -0.416. The van der Waals surface area contributed by atoms with Crippen molar-refractivity contribution in [2.75, 3.05) is 19.6 Å². The average molecular weight is 268 g/mol. The van der Waals surface area contributed by atoms with Crippen molar-refractivity contribution in [3.63, 3.8) is 0 Å². The molecule has 19 heavy (non-hydrogen) atoms. The van der Waals surface area contributed by atoms with Crippen LogP contribution in [0.2, 0.25) is 0 Å². The van der Waals surface area contributed by atoms with Gasteiger partial charge in [-0.25, -0.2) is 4.79 Å². The zero-order valence-electron chi connectivity index (χ0n) is 12.8. The molecule has 1 atom stereocenters. The second-order valence-corrected chi connectivity index (χ2v) is 6.43. The minimum Gasteiger partial charge on any atom is -0.444 e. The van der Waals surface area contributed by atoms with E-state index in [0.717, 1.165) is 44.5 Å². The van der Waals surface area contributed by atoms with E-state index in [2.05, 4.69) is 11.9 Å². The number of ether oxygens (including phenoxy) is 1. The Morgan fingerprint density at radius 2 is 2.05 bits per heavy atom. The van der Waals surface area contributed by atoms with Crippen LogP contribution >= 0.6 is 0 Å². The maximum absolute atomic E-state index is 12.0. The van der Waals surface area contributed by atoms with E-state index < -0.39 is 5.60 Å². The smallest absolute Gasteiger partial charge is 0.410 e. The van der Waals surface area contributed by atoms with Crippen molar-refractivity contribution in [2.24, 2.45) is 0 Å². The lowest BCUT2D eigenvalue weighted by Crippen LogP contribution is -2.38. The van der Waals surface area contributed by atoms with Gasteiger partial charge in [-0.2, -0.15) is 0 Å². The van der Waals surface area contributed by atoms with E-state index in [1.807, 2.05) is 32.6 Å². The Kier molecular flexibility index (Phi) is 5.85. The topological polar surface area (TPSA) is 41.6 Å². The van der Waals surface area contributed by atoms with Crippen molar-refractivity contribution in [1.29, 1.82) is 0 Å². The Balaban J connectivity index is 2.41. The summed E-state index contributed by atoms with van der Waals surface area (Å²) >= 11 is 0. The van der Waals surface area contributed by atoms with Gasteiger partial charge in [0.1, 0.15) is 5.60 Å². The highest BCUT2D eigenvalue weighted by Gasteiger charge is 2.24. The molecule has 110 valence electrons. The predicted molar refractivity (Wildman–Crippen MR) is 78.3 cm³/mol. The number of hydrogen-bond acceptors (Lipinski definition) is 3. The van der Waals surface area contributed by atoms with Gasteiger partial charge in [-0.15, -0.1) is 0 Å². The average Bonchev–Trinajstić information content (AvgIpc) is 2.49. The molecule has 1 heterocycles. The van der Waals surface area contributed by atoms with Crippen LogP contribution < -0.4 is 5.32 Å². The quantitative estimate of drug-likeness (QED) is 0.800. The molecule has 0 spiro atoms. The molecule has 1 fully saturated rings. The molecule has 0 aromatic carbocycles. The summed E-state index contributed by atoms with van der Waals surface area (Å²) in [6.07, 6.45) is 2.92. The van der Waals surface area contributed by atoms with Crippen molar-refractivity contribution in [2.45, 2.75) is 58.6 Å². The van der Waals surface area contributed by atoms with Gasteiger partial charge < -0.3 is 15.0 Å². The Hall–Kier alpha value is -1.03. The highest BCUT2D eigenvalue weighted by atomic mass is 16.6. The summed E-state index contributed by atoms with van der Waals surface area (Å²) in [5, 5.41) is 3.49. The van der Waals surface area contributed by atoms with Crippen LogP contribution in [0.25, 0.3) is 0 Å². The number of carbonyl (C=O) groups is 1. The summed E-state index contributed by atoms with van der Waals surface area (Å²) in [5.41, 5.74) is 0.731. The van der Waals surface area contributed by atoms with Crippen LogP contribution in [0.15, 0.2) is 12.2 Å². The molecule has 1 unspecified atom stereocenters. The van der Waals surface area contributed by atoms with Crippen LogP contribution in [-0.2, 0) is 4.74 Å². The van der Waals surface area contributed by atoms with Gasteiger partial charge in [0.05, 0.1) is 0 Å². The second kappa shape index (κ2) is 6.94. The second-order valence-electron chi connectivity index (χ2n) is 6.43. The molecule has 0 aromatic rings. The number of likely N-dealkylation sites (tertiary alicyclic amines) is 1. The predicted octanol–water partition coefficient (Wildman–Crippen LogP) is 2.94. The van der Waals surface area contributed by atoms with Crippen molar-refractivity contribution in [3.05, 3.63) is 12.2 Å². The Morgan fingerprint density at radius 3 is 2.63 bits per heavy atom. The lowest BCUT2D eigenvalue weighted by Gasteiger charge is -2.26. The lowest BCUT2D eigenvalue weighted by atomic mass is 10.1. The first-order valence-corrected chi connectivity index (χ1v) is 7.13. The van der Waals surface area contributed by atoms with Crippen molar-refractivity contribution < 1.29 is 9.53 Å². The fraction of sp³-hybridized carbons (Fsp3) is 0.800. The third kappa shape index (κ3) is 6.62. The van der Waals surface area contributed by atoms with Gasteiger partial charge in [0, 0.05) is 25.7 Å². The highest BCUT2D eigenvalue weighted by Crippen LogP contribution is 2.15. The fourth-order valence-corrected chi connectivity index (χ4v) is 2.13. The molecule has 0 saturated carbocycles. The molecule has 1 saturated heterocycles. The first-order valence-electron chi connectivity index (χ1n) is 7.13. The van der Waals surface area contributed by atoms with E-state index in [1.54, 1.807) is 0 Å².